The van der Waals surface area contributed by atoms with E-state index in [4.69, 9.17) is 14.2 Å². The third kappa shape index (κ3) is 3.91. The van der Waals surface area contributed by atoms with Crippen molar-refractivity contribution in [2.24, 2.45) is 0 Å². The van der Waals surface area contributed by atoms with Crippen molar-refractivity contribution in [2.45, 2.75) is 6.92 Å². The summed E-state index contributed by atoms with van der Waals surface area (Å²) in [4.78, 5) is 19.6. The Bertz CT molecular complexity index is 631. The summed E-state index contributed by atoms with van der Waals surface area (Å²) >= 11 is 3.26. The highest BCUT2D eigenvalue weighted by Crippen LogP contribution is 2.25. The molecular weight excluding hydrogens is 340 g/mol. The van der Waals surface area contributed by atoms with Crippen molar-refractivity contribution in [3.05, 3.63) is 40.5 Å². The molecule has 110 valence electrons. The topological polar surface area (TPSA) is 70.5 Å². The molecule has 6 nitrogen and oxygen atoms in total. The lowest BCUT2D eigenvalue weighted by Crippen LogP contribution is -2.04. The fraction of sp³-hybridized carbons (Fsp3) is 0.214. The second kappa shape index (κ2) is 7.03. The molecule has 0 amide bonds. The molecule has 0 saturated heterocycles. The van der Waals surface area contributed by atoms with Crippen LogP contribution in [-0.2, 0) is 4.74 Å². The summed E-state index contributed by atoms with van der Waals surface area (Å²) in [6, 6.07) is 6.67. The van der Waals surface area contributed by atoms with Crippen molar-refractivity contribution in [1.82, 2.24) is 9.97 Å². The number of carbonyl (C=O) groups excluding carboxylic acids is 1. The molecule has 0 aliphatic carbocycles. The van der Waals surface area contributed by atoms with Gasteiger partial charge in [0.1, 0.15) is 5.75 Å². The van der Waals surface area contributed by atoms with Gasteiger partial charge in [-0.25, -0.2) is 9.78 Å². The summed E-state index contributed by atoms with van der Waals surface area (Å²) in [6.07, 6.45) is 1.54. The van der Waals surface area contributed by atoms with Crippen molar-refractivity contribution >= 4 is 21.9 Å². The van der Waals surface area contributed by atoms with Gasteiger partial charge in [0, 0.05) is 0 Å². The number of nitrogens with zero attached hydrogens (tertiary/aromatic N) is 2. The van der Waals surface area contributed by atoms with Gasteiger partial charge in [-0.1, -0.05) is 0 Å². The highest BCUT2D eigenvalue weighted by molar-refractivity contribution is 9.10. The van der Waals surface area contributed by atoms with Crippen LogP contribution in [0.3, 0.4) is 0 Å². The number of hydrogen-bond acceptors (Lipinski definition) is 6. The zero-order chi connectivity index (χ0) is 15.2. The van der Waals surface area contributed by atoms with Crippen LogP contribution in [0, 0.1) is 0 Å². The molecule has 0 fully saturated rings. The van der Waals surface area contributed by atoms with E-state index in [0.29, 0.717) is 28.3 Å². The molecule has 0 unspecified atom stereocenters. The lowest BCUT2D eigenvalue weighted by molar-refractivity contribution is 0.0526. The van der Waals surface area contributed by atoms with E-state index in [1.165, 1.54) is 13.3 Å². The summed E-state index contributed by atoms with van der Waals surface area (Å²) in [6.45, 7) is 2.09. The van der Waals surface area contributed by atoms with Gasteiger partial charge >= 0.3 is 12.0 Å². The van der Waals surface area contributed by atoms with E-state index in [0.717, 1.165) is 0 Å². The van der Waals surface area contributed by atoms with E-state index in [2.05, 4.69) is 25.9 Å². The van der Waals surface area contributed by atoms with Gasteiger partial charge in [0.05, 0.1) is 29.9 Å². The normalized spacial score (nSPS) is 10.0. The van der Waals surface area contributed by atoms with E-state index in [1.807, 2.05) is 0 Å². The fourth-order valence-electron chi connectivity index (χ4n) is 1.51. The summed E-state index contributed by atoms with van der Waals surface area (Å²) in [5, 5.41) is 0. The SMILES string of the molecule is CCOC(=O)c1ccc(Oc2ncc(Br)c(OC)n2)cc1. The first-order valence-electron chi connectivity index (χ1n) is 6.15. The van der Waals surface area contributed by atoms with Gasteiger partial charge < -0.3 is 14.2 Å². The Balaban J connectivity index is 2.11. The maximum Gasteiger partial charge on any atom is 0.338 e. The first kappa shape index (κ1) is 15.2. The Labute approximate surface area is 130 Å². The van der Waals surface area contributed by atoms with Crippen LogP contribution in [0.5, 0.6) is 17.6 Å². The molecule has 0 aliphatic rings. The van der Waals surface area contributed by atoms with E-state index in [-0.39, 0.29) is 12.0 Å². The molecule has 0 N–H and O–H groups in total. The predicted octanol–water partition coefficient (Wildman–Crippen LogP) is 3.22. The monoisotopic (exact) mass is 352 g/mol. The first-order chi connectivity index (χ1) is 10.1. The molecule has 0 radical (unpaired) electrons. The molecule has 21 heavy (non-hydrogen) atoms. The van der Waals surface area contributed by atoms with Gasteiger partial charge in [-0.15, -0.1) is 0 Å². The maximum absolute atomic E-state index is 11.5. The minimum Gasteiger partial charge on any atom is -0.480 e. The van der Waals surface area contributed by atoms with E-state index in [9.17, 15) is 4.79 Å². The molecule has 1 aromatic heterocycles. The molecular formula is C14H13BrN2O4. The number of methoxy groups -OCH3 is 1. The Morgan fingerprint density at radius 2 is 2.00 bits per heavy atom. The standard InChI is InChI=1S/C14H13BrN2O4/c1-3-20-13(18)9-4-6-10(7-5-9)21-14-16-8-11(15)12(17-14)19-2/h4-8H,3H2,1-2H3. The molecule has 0 spiro atoms. The Morgan fingerprint density at radius 3 is 2.62 bits per heavy atom. The first-order valence-corrected chi connectivity index (χ1v) is 6.95. The van der Waals surface area contributed by atoms with Gasteiger partial charge in [0.15, 0.2) is 0 Å². The third-order valence-electron chi connectivity index (χ3n) is 2.46. The Morgan fingerprint density at radius 1 is 1.29 bits per heavy atom. The van der Waals surface area contributed by atoms with E-state index < -0.39 is 0 Å². The summed E-state index contributed by atoms with van der Waals surface area (Å²) in [5.41, 5.74) is 0.457. The van der Waals surface area contributed by atoms with Gasteiger partial charge in [0.25, 0.3) is 0 Å². The van der Waals surface area contributed by atoms with E-state index >= 15 is 0 Å². The highest BCUT2D eigenvalue weighted by Gasteiger charge is 2.09. The minimum atomic E-state index is -0.370. The third-order valence-corrected chi connectivity index (χ3v) is 3.00. The van der Waals surface area contributed by atoms with E-state index in [1.54, 1.807) is 31.2 Å². The molecule has 0 saturated carbocycles. The number of esters is 1. The van der Waals surface area contributed by atoms with Crippen molar-refractivity contribution in [1.29, 1.82) is 0 Å². The van der Waals surface area contributed by atoms with Crippen LogP contribution in [0.25, 0.3) is 0 Å². The largest absolute Gasteiger partial charge is 0.480 e. The van der Waals surface area contributed by atoms with Gasteiger partial charge in [-0.2, -0.15) is 4.98 Å². The van der Waals surface area contributed by atoms with Crippen molar-refractivity contribution in [2.75, 3.05) is 13.7 Å². The maximum atomic E-state index is 11.5. The van der Waals surface area contributed by atoms with Crippen LogP contribution < -0.4 is 9.47 Å². The Hall–Kier alpha value is -2.15. The average Bonchev–Trinajstić information content (AvgIpc) is 2.50. The van der Waals surface area contributed by atoms with Crippen LogP contribution in [0.2, 0.25) is 0 Å². The van der Waals surface area contributed by atoms with Gasteiger partial charge in [-0.3, -0.25) is 0 Å². The summed E-state index contributed by atoms with van der Waals surface area (Å²) in [5.74, 6) is 0.515. The quantitative estimate of drug-likeness (QED) is 0.769. The number of ether oxygens (including phenoxy) is 3. The molecule has 2 aromatic rings. The molecule has 7 heteroatoms. The number of hydrogen-bond donors (Lipinski definition) is 0. The predicted molar refractivity (Wildman–Crippen MR) is 78.8 cm³/mol. The lowest BCUT2D eigenvalue weighted by Gasteiger charge is -2.07. The van der Waals surface area contributed by atoms with Crippen LogP contribution in [0.1, 0.15) is 17.3 Å². The number of benzene rings is 1. The molecule has 0 bridgehead atoms. The van der Waals surface area contributed by atoms with Crippen LogP contribution in [-0.4, -0.2) is 29.7 Å². The molecule has 0 aliphatic heterocycles. The van der Waals surface area contributed by atoms with Crippen molar-refractivity contribution < 1.29 is 19.0 Å². The molecule has 2 rings (SSSR count). The molecule has 1 heterocycles. The zero-order valence-electron chi connectivity index (χ0n) is 11.5. The van der Waals surface area contributed by atoms with Crippen molar-refractivity contribution in [3.63, 3.8) is 0 Å². The summed E-state index contributed by atoms with van der Waals surface area (Å²) < 4.78 is 16.1. The lowest BCUT2D eigenvalue weighted by atomic mass is 10.2. The molecule has 0 atom stereocenters. The van der Waals surface area contributed by atoms with Crippen LogP contribution >= 0.6 is 15.9 Å². The highest BCUT2D eigenvalue weighted by atomic mass is 79.9. The second-order valence-corrected chi connectivity index (χ2v) is 4.71. The van der Waals surface area contributed by atoms with Crippen LogP contribution in [0.15, 0.2) is 34.9 Å². The van der Waals surface area contributed by atoms with Gasteiger partial charge in [0.2, 0.25) is 5.88 Å². The average molecular weight is 353 g/mol. The summed E-state index contributed by atoms with van der Waals surface area (Å²) in [7, 11) is 1.50. The molecule has 1 aromatic carbocycles. The Kier molecular flexibility index (Phi) is 5.10. The number of aromatic nitrogens is 2. The van der Waals surface area contributed by atoms with Gasteiger partial charge in [-0.05, 0) is 47.1 Å². The second-order valence-electron chi connectivity index (χ2n) is 3.86. The number of rotatable bonds is 5. The minimum absolute atomic E-state index is 0.152. The zero-order valence-corrected chi connectivity index (χ0v) is 13.1. The van der Waals surface area contributed by atoms with Crippen molar-refractivity contribution in [3.8, 4) is 17.6 Å². The number of carbonyl (C=O) groups is 1. The number of halogens is 1. The fourth-order valence-corrected chi connectivity index (χ4v) is 1.86. The smallest absolute Gasteiger partial charge is 0.338 e. The van der Waals surface area contributed by atoms with Crippen LogP contribution in [0.4, 0.5) is 0 Å².